The molecule has 0 bridgehead atoms. The summed E-state index contributed by atoms with van der Waals surface area (Å²) in [5.74, 6) is 0.262. The number of aryl methyl sites for hydroxylation is 1. The Bertz CT molecular complexity index is 399. The predicted octanol–water partition coefficient (Wildman–Crippen LogP) is 1.71. The summed E-state index contributed by atoms with van der Waals surface area (Å²) < 4.78 is 0. The monoisotopic (exact) mass is 232 g/mol. The topological polar surface area (TPSA) is 55.1 Å². The highest BCUT2D eigenvalue weighted by Gasteiger charge is 2.24. The van der Waals surface area contributed by atoms with E-state index in [0.29, 0.717) is 19.0 Å². The van der Waals surface area contributed by atoms with Gasteiger partial charge in [-0.1, -0.05) is 29.8 Å². The van der Waals surface area contributed by atoms with E-state index >= 15 is 0 Å². The molecule has 2 rings (SSSR count). The van der Waals surface area contributed by atoms with Gasteiger partial charge in [-0.05, 0) is 31.9 Å². The summed E-state index contributed by atoms with van der Waals surface area (Å²) in [7, 11) is 0. The second-order valence-corrected chi connectivity index (χ2v) is 4.89. The highest BCUT2D eigenvalue weighted by atomic mass is 16.1. The summed E-state index contributed by atoms with van der Waals surface area (Å²) in [4.78, 5) is 11.8. The van der Waals surface area contributed by atoms with Crippen molar-refractivity contribution in [3.8, 4) is 0 Å². The normalized spacial score (nSPS) is 16.6. The highest BCUT2D eigenvalue weighted by molar-refractivity contribution is 5.77. The molecule has 1 aliphatic rings. The highest BCUT2D eigenvalue weighted by Crippen LogP contribution is 2.22. The summed E-state index contributed by atoms with van der Waals surface area (Å²) in [6.45, 7) is 2.57. The minimum atomic E-state index is 0.129. The molecule has 0 aliphatic heterocycles. The lowest BCUT2D eigenvalue weighted by molar-refractivity contribution is -0.121. The maximum Gasteiger partial charge on any atom is 0.220 e. The first-order valence-corrected chi connectivity index (χ1v) is 6.25. The smallest absolute Gasteiger partial charge is 0.220 e. The van der Waals surface area contributed by atoms with Gasteiger partial charge in [0.1, 0.15) is 0 Å². The van der Waals surface area contributed by atoms with Crippen LogP contribution in [0.15, 0.2) is 24.3 Å². The second kappa shape index (κ2) is 5.32. The molecular weight excluding hydrogens is 212 g/mol. The van der Waals surface area contributed by atoms with Crippen LogP contribution in [0.2, 0.25) is 0 Å². The van der Waals surface area contributed by atoms with Crippen LogP contribution < -0.4 is 11.1 Å². The molecule has 3 nitrogen and oxygen atoms in total. The van der Waals surface area contributed by atoms with E-state index in [0.717, 1.165) is 12.8 Å². The lowest BCUT2D eigenvalue weighted by Crippen LogP contribution is -2.28. The molecule has 1 aromatic carbocycles. The van der Waals surface area contributed by atoms with Gasteiger partial charge in [0.05, 0.1) is 0 Å². The minimum Gasteiger partial charge on any atom is -0.353 e. The summed E-state index contributed by atoms with van der Waals surface area (Å²) in [5, 5.41) is 3.01. The fraction of sp³-hybridized carbons (Fsp3) is 0.500. The Labute approximate surface area is 102 Å². The number of hydrogen-bond donors (Lipinski definition) is 2. The fourth-order valence-corrected chi connectivity index (χ4v) is 2.00. The van der Waals surface area contributed by atoms with Crippen molar-refractivity contribution in [2.45, 2.75) is 38.1 Å². The number of rotatable bonds is 5. The zero-order valence-electron chi connectivity index (χ0n) is 10.3. The zero-order chi connectivity index (χ0) is 12.3. The molecule has 0 aromatic heterocycles. The molecule has 0 saturated heterocycles. The summed E-state index contributed by atoms with van der Waals surface area (Å²) in [6, 6.07) is 8.67. The Morgan fingerprint density at radius 1 is 1.53 bits per heavy atom. The van der Waals surface area contributed by atoms with Crippen LogP contribution >= 0.6 is 0 Å². The van der Waals surface area contributed by atoms with Gasteiger partial charge in [0.2, 0.25) is 5.91 Å². The molecule has 3 heteroatoms. The molecular formula is C14H20N2O. The van der Waals surface area contributed by atoms with Gasteiger partial charge in [-0.2, -0.15) is 0 Å². The van der Waals surface area contributed by atoms with Crippen molar-refractivity contribution >= 4 is 5.91 Å². The Morgan fingerprint density at radius 2 is 2.29 bits per heavy atom. The number of carbonyl (C=O) groups is 1. The quantitative estimate of drug-likeness (QED) is 0.812. The third-order valence-corrected chi connectivity index (χ3v) is 3.17. The molecule has 3 N–H and O–H groups in total. The van der Waals surface area contributed by atoms with Gasteiger partial charge < -0.3 is 11.1 Å². The molecule has 92 valence electrons. The average Bonchev–Trinajstić information content (AvgIpc) is 3.09. The summed E-state index contributed by atoms with van der Waals surface area (Å²) >= 11 is 0. The predicted molar refractivity (Wildman–Crippen MR) is 68.8 cm³/mol. The molecule has 0 heterocycles. The van der Waals surface area contributed by atoms with Gasteiger partial charge in [-0.3, -0.25) is 4.79 Å². The first-order chi connectivity index (χ1) is 8.19. The van der Waals surface area contributed by atoms with E-state index in [9.17, 15) is 4.79 Å². The lowest BCUT2D eigenvalue weighted by Gasteiger charge is -2.15. The minimum absolute atomic E-state index is 0.129. The van der Waals surface area contributed by atoms with E-state index in [1.165, 1.54) is 11.1 Å². The largest absolute Gasteiger partial charge is 0.353 e. The molecule has 0 spiro atoms. The fourth-order valence-electron chi connectivity index (χ4n) is 2.00. The molecule has 1 fully saturated rings. The first kappa shape index (κ1) is 12.1. The molecule has 1 aromatic rings. The molecule has 0 radical (unpaired) electrons. The maximum atomic E-state index is 11.8. The van der Waals surface area contributed by atoms with Crippen LogP contribution in [0.25, 0.3) is 0 Å². The van der Waals surface area contributed by atoms with Crippen molar-refractivity contribution in [1.82, 2.24) is 5.32 Å². The maximum absolute atomic E-state index is 11.8. The van der Waals surface area contributed by atoms with Crippen molar-refractivity contribution in [2.75, 3.05) is 6.54 Å². The number of hydrogen-bond acceptors (Lipinski definition) is 2. The van der Waals surface area contributed by atoms with Gasteiger partial charge in [-0.25, -0.2) is 0 Å². The molecule has 1 amide bonds. The van der Waals surface area contributed by atoms with Gasteiger partial charge in [-0.15, -0.1) is 0 Å². The van der Waals surface area contributed by atoms with Crippen molar-refractivity contribution in [3.05, 3.63) is 35.4 Å². The van der Waals surface area contributed by atoms with Crippen LogP contribution in [0.4, 0.5) is 0 Å². The zero-order valence-corrected chi connectivity index (χ0v) is 10.3. The van der Waals surface area contributed by atoms with E-state index < -0.39 is 0 Å². The van der Waals surface area contributed by atoms with Gasteiger partial charge in [0.15, 0.2) is 0 Å². The Morgan fingerprint density at radius 3 is 2.88 bits per heavy atom. The third kappa shape index (κ3) is 3.56. The Kier molecular flexibility index (Phi) is 3.79. The van der Waals surface area contributed by atoms with Crippen LogP contribution in [-0.2, 0) is 4.79 Å². The Hall–Kier alpha value is -1.35. The van der Waals surface area contributed by atoms with E-state index in [2.05, 4.69) is 30.4 Å². The number of benzene rings is 1. The molecule has 1 unspecified atom stereocenters. The van der Waals surface area contributed by atoms with Crippen LogP contribution in [0, 0.1) is 6.92 Å². The first-order valence-electron chi connectivity index (χ1n) is 6.25. The summed E-state index contributed by atoms with van der Waals surface area (Å²) in [6.07, 6.45) is 2.75. The van der Waals surface area contributed by atoms with Crippen molar-refractivity contribution in [1.29, 1.82) is 0 Å². The Balaban J connectivity index is 1.97. The molecule has 1 atom stereocenters. The van der Waals surface area contributed by atoms with Gasteiger partial charge in [0.25, 0.3) is 0 Å². The van der Waals surface area contributed by atoms with Gasteiger partial charge >= 0.3 is 0 Å². The third-order valence-electron chi connectivity index (χ3n) is 3.17. The molecule has 1 aliphatic carbocycles. The summed E-state index contributed by atoms with van der Waals surface area (Å²) in [5.41, 5.74) is 8.15. The van der Waals surface area contributed by atoms with Crippen molar-refractivity contribution in [2.24, 2.45) is 5.73 Å². The molecule has 17 heavy (non-hydrogen) atoms. The van der Waals surface area contributed by atoms with Crippen LogP contribution in [-0.4, -0.2) is 18.5 Å². The van der Waals surface area contributed by atoms with E-state index in [4.69, 9.17) is 5.73 Å². The second-order valence-electron chi connectivity index (χ2n) is 4.89. The van der Waals surface area contributed by atoms with E-state index in [-0.39, 0.29) is 11.8 Å². The number of carbonyl (C=O) groups excluding carboxylic acids is 1. The van der Waals surface area contributed by atoms with Gasteiger partial charge in [0, 0.05) is 18.4 Å². The van der Waals surface area contributed by atoms with Crippen molar-refractivity contribution in [3.63, 3.8) is 0 Å². The van der Waals surface area contributed by atoms with Crippen LogP contribution in [0.5, 0.6) is 0 Å². The SMILES string of the molecule is Cc1cccc(C(CN)CC(=O)NC2CC2)c1. The van der Waals surface area contributed by atoms with Crippen LogP contribution in [0.1, 0.15) is 36.3 Å². The molecule has 1 saturated carbocycles. The number of amides is 1. The van der Waals surface area contributed by atoms with E-state index in [1.54, 1.807) is 0 Å². The number of nitrogens with two attached hydrogens (primary N) is 1. The van der Waals surface area contributed by atoms with Crippen molar-refractivity contribution < 1.29 is 4.79 Å². The van der Waals surface area contributed by atoms with E-state index in [1.807, 2.05) is 6.07 Å². The lowest BCUT2D eigenvalue weighted by atomic mass is 9.94. The standard InChI is InChI=1S/C14H20N2O/c1-10-3-2-4-11(7-10)12(9-15)8-14(17)16-13-5-6-13/h2-4,7,12-13H,5-6,8-9,15H2,1H3,(H,16,17). The van der Waals surface area contributed by atoms with Crippen LogP contribution in [0.3, 0.4) is 0 Å². The average molecular weight is 232 g/mol. The number of nitrogens with one attached hydrogen (secondary N) is 1.